The number of nitrogens with one attached hydrogen (secondary N) is 2. The highest BCUT2D eigenvalue weighted by Gasteiger charge is 2.20. The van der Waals surface area contributed by atoms with E-state index in [1.165, 1.54) is 5.56 Å². The Morgan fingerprint density at radius 2 is 1.79 bits per heavy atom. The molecule has 2 rings (SSSR count). The average Bonchev–Trinajstić information content (AvgIpc) is 2.46. The van der Waals surface area contributed by atoms with E-state index in [0.29, 0.717) is 23.8 Å². The summed E-state index contributed by atoms with van der Waals surface area (Å²) in [7, 11) is 3.17. The van der Waals surface area contributed by atoms with Crippen LogP contribution in [0.1, 0.15) is 5.56 Å². The first-order valence-electron chi connectivity index (χ1n) is 6.12. The van der Waals surface area contributed by atoms with Crippen molar-refractivity contribution in [3.8, 4) is 0 Å². The highest BCUT2D eigenvalue weighted by Crippen LogP contribution is 2.18. The van der Waals surface area contributed by atoms with Gasteiger partial charge < -0.3 is 20.2 Å². The molecule has 4 heteroatoms. The molecular weight excluding hydrogens is 240 g/mol. The van der Waals surface area contributed by atoms with Crippen LogP contribution < -0.4 is 5.32 Å². The molecule has 0 aliphatic heterocycles. The summed E-state index contributed by atoms with van der Waals surface area (Å²) in [5.74, 6) is 1.24. The molecule has 2 N–H and O–H groups in total. The zero-order chi connectivity index (χ0) is 13.7. The molecule has 0 aromatic heterocycles. The van der Waals surface area contributed by atoms with Crippen LogP contribution in [-0.4, -0.2) is 26.0 Å². The lowest BCUT2D eigenvalue weighted by molar-refractivity contribution is 0.217. The molecule has 0 saturated carbocycles. The molecule has 1 aromatic carbocycles. The molecule has 4 nitrogen and oxygen atoms in total. The number of rotatable bonds is 5. The predicted octanol–water partition coefficient (Wildman–Crippen LogP) is 2.24. The highest BCUT2D eigenvalue weighted by atomic mass is 16.5. The molecule has 0 spiro atoms. The molecule has 0 amide bonds. The fraction of sp³-hybridized carbons (Fsp3) is 0.267. The minimum Gasteiger partial charge on any atom is -0.493 e. The van der Waals surface area contributed by atoms with E-state index in [0.717, 1.165) is 0 Å². The largest absolute Gasteiger partial charge is 0.493 e. The summed E-state index contributed by atoms with van der Waals surface area (Å²) < 4.78 is 10.4. The maximum Gasteiger partial charge on any atom is 0.162 e. The van der Waals surface area contributed by atoms with E-state index in [9.17, 15) is 0 Å². The van der Waals surface area contributed by atoms with Crippen LogP contribution in [0.25, 0.3) is 0 Å². The van der Waals surface area contributed by atoms with E-state index >= 15 is 0 Å². The molecule has 0 heterocycles. The topological polar surface area (TPSA) is 54.3 Å². The van der Waals surface area contributed by atoms with Gasteiger partial charge >= 0.3 is 0 Å². The van der Waals surface area contributed by atoms with Crippen molar-refractivity contribution < 1.29 is 9.47 Å². The van der Waals surface area contributed by atoms with Crippen molar-refractivity contribution in [1.82, 2.24) is 5.32 Å². The number of hydrogen-bond acceptors (Lipinski definition) is 4. The van der Waals surface area contributed by atoms with Crippen LogP contribution in [0.4, 0.5) is 0 Å². The van der Waals surface area contributed by atoms with Crippen molar-refractivity contribution in [2.24, 2.45) is 0 Å². The van der Waals surface area contributed by atoms with Gasteiger partial charge in [-0.1, -0.05) is 30.3 Å². The minimum atomic E-state index is -0.158. The lowest BCUT2D eigenvalue weighted by Gasteiger charge is -2.22. The molecule has 1 atom stereocenters. The van der Waals surface area contributed by atoms with Crippen LogP contribution in [-0.2, 0) is 16.0 Å². The molecule has 1 aliphatic carbocycles. The Bertz CT molecular complexity index is 506. The maximum absolute atomic E-state index is 7.99. The van der Waals surface area contributed by atoms with E-state index in [4.69, 9.17) is 14.9 Å². The van der Waals surface area contributed by atoms with Crippen LogP contribution in [0.5, 0.6) is 0 Å². The Morgan fingerprint density at radius 3 is 2.42 bits per heavy atom. The molecule has 0 radical (unpaired) electrons. The minimum absolute atomic E-state index is 0.158. The van der Waals surface area contributed by atoms with Crippen LogP contribution in [0, 0.1) is 5.41 Å². The van der Waals surface area contributed by atoms with Gasteiger partial charge in [0.05, 0.1) is 26.0 Å². The lowest BCUT2D eigenvalue weighted by atomic mass is 10.0. The van der Waals surface area contributed by atoms with Crippen molar-refractivity contribution in [3.63, 3.8) is 0 Å². The maximum atomic E-state index is 7.99. The van der Waals surface area contributed by atoms with Gasteiger partial charge in [-0.15, -0.1) is 0 Å². The van der Waals surface area contributed by atoms with Crippen LogP contribution in [0.15, 0.2) is 54.0 Å². The van der Waals surface area contributed by atoms with Gasteiger partial charge in [0.1, 0.15) is 0 Å². The van der Waals surface area contributed by atoms with Crippen molar-refractivity contribution in [2.75, 3.05) is 14.2 Å². The molecule has 1 aromatic rings. The fourth-order valence-corrected chi connectivity index (χ4v) is 1.95. The smallest absolute Gasteiger partial charge is 0.162 e. The molecule has 0 fully saturated rings. The standard InChI is InChI=1S/C15H18N2O2/c1-18-14-8-12(16)13(9-15(14)19-2)17-10-11-6-4-3-5-7-11/h3-9,13,16-17H,10H2,1-2H3. The second-order valence-electron chi connectivity index (χ2n) is 4.25. The van der Waals surface area contributed by atoms with Gasteiger partial charge in [-0.25, -0.2) is 0 Å². The monoisotopic (exact) mass is 258 g/mol. The summed E-state index contributed by atoms with van der Waals surface area (Å²) >= 11 is 0. The fourth-order valence-electron chi connectivity index (χ4n) is 1.95. The summed E-state index contributed by atoms with van der Waals surface area (Å²) in [6.45, 7) is 0.706. The van der Waals surface area contributed by atoms with Crippen LogP contribution in [0.3, 0.4) is 0 Å². The molecule has 19 heavy (non-hydrogen) atoms. The first kappa shape index (κ1) is 13.4. The lowest BCUT2D eigenvalue weighted by Crippen LogP contribution is -2.36. The van der Waals surface area contributed by atoms with Crippen molar-refractivity contribution in [2.45, 2.75) is 12.6 Å². The normalized spacial score (nSPS) is 18.6. The van der Waals surface area contributed by atoms with Crippen molar-refractivity contribution in [1.29, 1.82) is 5.41 Å². The Kier molecular flexibility index (Phi) is 4.36. The Labute approximate surface area is 113 Å². The van der Waals surface area contributed by atoms with Crippen LogP contribution >= 0.6 is 0 Å². The van der Waals surface area contributed by atoms with Gasteiger partial charge in [0.25, 0.3) is 0 Å². The summed E-state index contributed by atoms with van der Waals surface area (Å²) in [6, 6.07) is 9.94. The number of hydrogen-bond donors (Lipinski definition) is 2. The van der Waals surface area contributed by atoms with E-state index in [-0.39, 0.29) is 6.04 Å². The molecule has 100 valence electrons. The summed E-state index contributed by atoms with van der Waals surface area (Å²) in [6.07, 6.45) is 3.55. The zero-order valence-electron chi connectivity index (χ0n) is 11.1. The first-order valence-corrected chi connectivity index (χ1v) is 6.12. The molecule has 1 aliphatic rings. The Balaban J connectivity index is 2.03. The van der Waals surface area contributed by atoms with Gasteiger partial charge in [-0.2, -0.15) is 0 Å². The van der Waals surface area contributed by atoms with Crippen LogP contribution in [0.2, 0.25) is 0 Å². The summed E-state index contributed by atoms with van der Waals surface area (Å²) in [4.78, 5) is 0. The van der Waals surface area contributed by atoms with E-state index in [2.05, 4.69) is 17.4 Å². The third kappa shape index (κ3) is 3.23. The molecule has 0 saturated heterocycles. The SMILES string of the molecule is COC1=CC(=N)C(NCc2ccccc2)C=C1OC. The Hall–Kier alpha value is -2.07. The van der Waals surface area contributed by atoms with Gasteiger partial charge in [0.15, 0.2) is 11.5 Å². The second kappa shape index (κ2) is 6.20. The number of ether oxygens (including phenoxy) is 2. The third-order valence-corrected chi connectivity index (χ3v) is 2.99. The van der Waals surface area contributed by atoms with Gasteiger partial charge in [0.2, 0.25) is 0 Å². The molecular formula is C15H18N2O2. The van der Waals surface area contributed by atoms with Crippen molar-refractivity contribution >= 4 is 5.71 Å². The third-order valence-electron chi connectivity index (χ3n) is 2.99. The van der Waals surface area contributed by atoms with Gasteiger partial charge in [-0.3, -0.25) is 0 Å². The quantitative estimate of drug-likeness (QED) is 0.851. The molecule has 0 bridgehead atoms. The zero-order valence-corrected chi connectivity index (χ0v) is 11.1. The van der Waals surface area contributed by atoms with E-state index in [1.807, 2.05) is 24.3 Å². The van der Waals surface area contributed by atoms with Gasteiger partial charge in [0, 0.05) is 12.6 Å². The second-order valence-corrected chi connectivity index (χ2v) is 4.25. The highest BCUT2D eigenvalue weighted by molar-refractivity contribution is 6.00. The van der Waals surface area contributed by atoms with Gasteiger partial charge in [-0.05, 0) is 11.6 Å². The average molecular weight is 258 g/mol. The van der Waals surface area contributed by atoms with Crippen molar-refractivity contribution in [3.05, 3.63) is 59.6 Å². The first-order chi connectivity index (χ1) is 9.24. The Morgan fingerprint density at radius 1 is 1.11 bits per heavy atom. The summed E-state index contributed by atoms with van der Waals surface area (Å²) in [5.41, 5.74) is 1.65. The summed E-state index contributed by atoms with van der Waals surface area (Å²) in [5, 5.41) is 11.3. The number of methoxy groups -OCH3 is 2. The predicted molar refractivity (Wildman–Crippen MR) is 75.0 cm³/mol. The number of benzene rings is 1. The molecule has 1 unspecified atom stereocenters. The van der Waals surface area contributed by atoms with E-state index in [1.54, 1.807) is 20.3 Å². The van der Waals surface area contributed by atoms with E-state index < -0.39 is 0 Å².